The number of aryl methyl sites for hydroxylation is 1. The lowest BCUT2D eigenvalue weighted by atomic mass is 10.1. The standard InChI is InChI=1S/C18H15FN4/c1-13-21-17(15-5-3-2-4-6-15)11-18(22-13)23-20-12-14-7-9-16(19)10-8-14/h2-12H,1H3,(H,21,22,23)/b20-12+. The molecule has 23 heavy (non-hydrogen) atoms. The molecule has 1 aromatic heterocycles. The second kappa shape index (κ2) is 6.79. The van der Waals surface area contributed by atoms with Gasteiger partial charge in [0.15, 0.2) is 0 Å². The maximum absolute atomic E-state index is 12.8. The van der Waals surface area contributed by atoms with E-state index in [-0.39, 0.29) is 5.82 Å². The third-order valence-corrected chi connectivity index (χ3v) is 3.17. The number of anilines is 1. The van der Waals surface area contributed by atoms with Crippen molar-refractivity contribution in [1.29, 1.82) is 0 Å². The molecule has 0 unspecified atom stereocenters. The minimum absolute atomic E-state index is 0.269. The summed E-state index contributed by atoms with van der Waals surface area (Å²) < 4.78 is 12.8. The van der Waals surface area contributed by atoms with Crippen molar-refractivity contribution in [1.82, 2.24) is 9.97 Å². The van der Waals surface area contributed by atoms with Crippen LogP contribution in [0.4, 0.5) is 10.2 Å². The molecule has 0 aliphatic rings. The van der Waals surface area contributed by atoms with Crippen LogP contribution in [0.25, 0.3) is 11.3 Å². The van der Waals surface area contributed by atoms with Crippen molar-refractivity contribution >= 4 is 12.0 Å². The van der Waals surface area contributed by atoms with Crippen LogP contribution >= 0.6 is 0 Å². The Labute approximate surface area is 133 Å². The van der Waals surface area contributed by atoms with E-state index >= 15 is 0 Å². The van der Waals surface area contributed by atoms with Gasteiger partial charge in [0.05, 0.1) is 11.9 Å². The highest BCUT2D eigenvalue weighted by atomic mass is 19.1. The van der Waals surface area contributed by atoms with Crippen molar-refractivity contribution in [2.24, 2.45) is 5.10 Å². The number of benzene rings is 2. The van der Waals surface area contributed by atoms with Gasteiger partial charge in [0.25, 0.3) is 0 Å². The minimum atomic E-state index is -0.269. The van der Waals surface area contributed by atoms with Crippen LogP contribution in [0.1, 0.15) is 11.4 Å². The van der Waals surface area contributed by atoms with E-state index in [1.165, 1.54) is 12.1 Å². The lowest BCUT2D eigenvalue weighted by Crippen LogP contribution is -1.98. The summed E-state index contributed by atoms with van der Waals surface area (Å²) in [4.78, 5) is 8.74. The van der Waals surface area contributed by atoms with E-state index < -0.39 is 0 Å². The Balaban J connectivity index is 1.78. The van der Waals surface area contributed by atoms with Crippen molar-refractivity contribution in [3.63, 3.8) is 0 Å². The van der Waals surface area contributed by atoms with E-state index in [4.69, 9.17) is 0 Å². The molecule has 0 amide bonds. The molecule has 3 rings (SSSR count). The van der Waals surface area contributed by atoms with E-state index in [2.05, 4.69) is 20.5 Å². The highest BCUT2D eigenvalue weighted by molar-refractivity contribution is 5.80. The molecule has 0 radical (unpaired) electrons. The third-order valence-electron chi connectivity index (χ3n) is 3.17. The Bertz CT molecular complexity index is 814. The fourth-order valence-corrected chi connectivity index (χ4v) is 2.10. The summed E-state index contributed by atoms with van der Waals surface area (Å²) in [7, 11) is 0. The summed E-state index contributed by atoms with van der Waals surface area (Å²) in [6, 6.07) is 17.8. The molecule has 0 saturated carbocycles. The number of nitrogens with one attached hydrogen (secondary N) is 1. The first kappa shape index (κ1) is 14.8. The van der Waals surface area contributed by atoms with Gasteiger partial charge in [0.2, 0.25) is 0 Å². The normalized spacial score (nSPS) is 10.9. The number of halogens is 1. The first-order chi connectivity index (χ1) is 11.2. The summed E-state index contributed by atoms with van der Waals surface area (Å²) in [5.41, 5.74) is 5.53. The number of rotatable bonds is 4. The Morgan fingerprint density at radius 3 is 2.48 bits per heavy atom. The number of hydrazone groups is 1. The monoisotopic (exact) mass is 306 g/mol. The molecule has 0 aliphatic heterocycles. The van der Waals surface area contributed by atoms with Crippen LogP contribution in [-0.4, -0.2) is 16.2 Å². The van der Waals surface area contributed by atoms with Gasteiger partial charge in [-0.05, 0) is 24.6 Å². The molecule has 5 heteroatoms. The first-order valence-electron chi connectivity index (χ1n) is 7.16. The predicted octanol–water partition coefficient (Wildman–Crippen LogP) is 4.04. The zero-order chi connectivity index (χ0) is 16.1. The van der Waals surface area contributed by atoms with Crippen molar-refractivity contribution in [3.05, 3.63) is 77.9 Å². The summed E-state index contributed by atoms with van der Waals surface area (Å²) >= 11 is 0. The van der Waals surface area contributed by atoms with Gasteiger partial charge in [-0.3, -0.25) is 5.43 Å². The molecule has 0 aliphatic carbocycles. The van der Waals surface area contributed by atoms with Gasteiger partial charge >= 0.3 is 0 Å². The second-order valence-corrected chi connectivity index (χ2v) is 4.97. The SMILES string of the molecule is Cc1nc(N/N=C/c2ccc(F)cc2)cc(-c2ccccc2)n1. The van der Waals surface area contributed by atoms with Crippen LogP contribution in [0.3, 0.4) is 0 Å². The first-order valence-corrected chi connectivity index (χ1v) is 7.16. The highest BCUT2D eigenvalue weighted by Crippen LogP contribution is 2.19. The molecule has 3 aromatic rings. The van der Waals surface area contributed by atoms with Crippen LogP contribution in [0, 0.1) is 12.7 Å². The molecule has 1 heterocycles. The average molecular weight is 306 g/mol. The molecule has 0 spiro atoms. The largest absolute Gasteiger partial charge is 0.261 e. The molecular formula is C18H15FN4. The summed E-state index contributed by atoms with van der Waals surface area (Å²) in [6.07, 6.45) is 1.61. The predicted molar refractivity (Wildman–Crippen MR) is 89.8 cm³/mol. The van der Waals surface area contributed by atoms with Crippen molar-refractivity contribution < 1.29 is 4.39 Å². The molecule has 0 atom stereocenters. The van der Waals surface area contributed by atoms with Crippen LogP contribution in [0.15, 0.2) is 65.8 Å². The van der Waals surface area contributed by atoms with Gasteiger partial charge in [-0.15, -0.1) is 0 Å². The Morgan fingerprint density at radius 1 is 1.00 bits per heavy atom. The zero-order valence-electron chi connectivity index (χ0n) is 12.6. The molecule has 0 fully saturated rings. The van der Waals surface area contributed by atoms with Crippen molar-refractivity contribution in [3.8, 4) is 11.3 Å². The second-order valence-electron chi connectivity index (χ2n) is 4.97. The van der Waals surface area contributed by atoms with Crippen molar-refractivity contribution in [2.45, 2.75) is 6.92 Å². The molecule has 0 saturated heterocycles. The maximum atomic E-state index is 12.8. The van der Waals surface area contributed by atoms with Crippen LogP contribution < -0.4 is 5.43 Å². The van der Waals surface area contributed by atoms with Gasteiger partial charge < -0.3 is 0 Å². The zero-order valence-corrected chi connectivity index (χ0v) is 12.6. The topological polar surface area (TPSA) is 50.2 Å². The quantitative estimate of drug-likeness (QED) is 0.584. The maximum Gasteiger partial charge on any atom is 0.150 e. The molecule has 2 aromatic carbocycles. The Morgan fingerprint density at radius 2 is 1.74 bits per heavy atom. The fourth-order valence-electron chi connectivity index (χ4n) is 2.10. The minimum Gasteiger partial charge on any atom is -0.261 e. The number of aromatic nitrogens is 2. The van der Waals surface area contributed by atoms with Gasteiger partial charge in [0.1, 0.15) is 17.5 Å². The Hall–Kier alpha value is -3.08. The molecule has 4 nitrogen and oxygen atoms in total. The molecule has 1 N–H and O–H groups in total. The van der Waals surface area contributed by atoms with Crippen LogP contribution in [-0.2, 0) is 0 Å². The Kier molecular flexibility index (Phi) is 4.38. The van der Waals surface area contributed by atoms with E-state index in [1.54, 1.807) is 18.3 Å². The average Bonchev–Trinajstić information content (AvgIpc) is 2.57. The highest BCUT2D eigenvalue weighted by Gasteiger charge is 2.03. The van der Waals surface area contributed by atoms with E-state index in [9.17, 15) is 4.39 Å². The van der Waals surface area contributed by atoms with Crippen LogP contribution in [0.2, 0.25) is 0 Å². The van der Waals surface area contributed by atoms with Gasteiger partial charge in [-0.25, -0.2) is 14.4 Å². The smallest absolute Gasteiger partial charge is 0.150 e. The number of nitrogens with zero attached hydrogens (tertiary/aromatic N) is 3. The molecule has 0 bridgehead atoms. The number of hydrogen-bond acceptors (Lipinski definition) is 4. The third kappa shape index (κ3) is 3.97. The number of hydrogen-bond donors (Lipinski definition) is 1. The lowest BCUT2D eigenvalue weighted by molar-refractivity contribution is 0.628. The van der Waals surface area contributed by atoms with E-state index in [0.717, 1.165) is 16.8 Å². The van der Waals surface area contributed by atoms with E-state index in [0.29, 0.717) is 11.6 Å². The molecule has 114 valence electrons. The van der Waals surface area contributed by atoms with Crippen molar-refractivity contribution in [2.75, 3.05) is 5.43 Å². The lowest BCUT2D eigenvalue weighted by Gasteiger charge is -2.05. The molecular weight excluding hydrogens is 291 g/mol. The summed E-state index contributed by atoms with van der Waals surface area (Å²) in [6.45, 7) is 1.83. The van der Waals surface area contributed by atoms with Gasteiger partial charge in [-0.2, -0.15) is 5.10 Å². The summed E-state index contributed by atoms with van der Waals surface area (Å²) in [5, 5.41) is 4.13. The van der Waals surface area contributed by atoms with E-state index in [1.807, 2.05) is 43.3 Å². The van der Waals surface area contributed by atoms with Gasteiger partial charge in [-0.1, -0.05) is 42.5 Å². The van der Waals surface area contributed by atoms with Gasteiger partial charge in [0, 0.05) is 11.6 Å². The summed E-state index contributed by atoms with van der Waals surface area (Å²) in [5.74, 6) is 0.995. The fraction of sp³-hybridized carbons (Fsp3) is 0.0556. The van der Waals surface area contributed by atoms with Crippen LogP contribution in [0.5, 0.6) is 0 Å².